The van der Waals surface area contributed by atoms with Gasteiger partial charge in [-0.1, -0.05) is 6.07 Å². The molecule has 2 aromatic carbocycles. The van der Waals surface area contributed by atoms with Gasteiger partial charge in [0.1, 0.15) is 22.8 Å². The molecule has 1 heterocycles. The van der Waals surface area contributed by atoms with Gasteiger partial charge >= 0.3 is 5.97 Å². The fourth-order valence-electron chi connectivity index (χ4n) is 3.32. The van der Waals surface area contributed by atoms with E-state index in [1.54, 1.807) is 31.4 Å². The van der Waals surface area contributed by atoms with Crippen LogP contribution in [0.2, 0.25) is 0 Å². The number of hydrogen-bond donors (Lipinski definition) is 3. The summed E-state index contributed by atoms with van der Waals surface area (Å²) in [5.41, 5.74) is 1.50. The molecule has 1 amide bonds. The molecule has 10 heteroatoms. The lowest BCUT2D eigenvalue weighted by Gasteiger charge is -2.16. The van der Waals surface area contributed by atoms with Crippen LogP contribution in [-0.4, -0.2) is 63.8 Å². The third-order valence-electron chi connectivity index (χ3n) is 4.80. The second-order valence-electron chi connectivity index (χ2n) is 6.92. The number of benzene rings is 2. The Labute approximate surface area is 188 Å². The van der Waals surface area contributed by atoms with Gasteiger partial charge in [-0.05, 0) is 30.9 Å². The number of rotatable bonds is 8. The maximum atomic E-state index is 12.8. The van der Waals surface area contributed by atoms with Crippen molar-refractivity contribution in [3.05, 3.63) is 52.6 Å². The van der Waals surface area contributed by atoms with Gasteiger partial charge in [-0.15, -0.1) is 11.8 Å². The number of carbonyl (C=O) groups is 3. The minimum Gasteiger partial charge on any atom is -0.507 e. The topological polar surface area (TPSA) is 137 Å². The predicted octanol–water partition coefficient (Wildman–Crippen LogP) is 2.57. The number of amides is 1. The smallest absolute Gasteiger partial charge is 0.344 e. The highest BCUT2D eigenvalue weighted by Crippen LogP contribution is 2.34. The lowest BCUT2D eigenvalue weighted by molar-refractivity contribution is -0.145. The zero-order valence-corrected chi connectivity index (χ0v) is 18.3. The van der Waals surface area contributed by atoms with E-state index in [1.807, 2.05) is 0 Å². The van der Waals surface area contributed by atoms with Gasteiger partial charge in [0.15, 0.2) is 12.4 Å². The minimum absolute atomic E-state index is 0.0157. The molecule has 1 aliphatic rings. The molecule has 168 valence electrons. The van der Waals surface area contributed by atoms with Crippen LogP contribution in [0.3, 0.4) is 0 Å². The highest BCUT2D eigenvalue weighted by atomic mass is 32.2. The van der Waals surface area contributed by atoms with E-state index in [2.05, 4.69) is 0 Å². The Balaban J connectivity index is 1.72. The van der Waals surface area contributed by atoms with E-state index in [9.17, 15) is 24.6 Å². The number of esters is 1. The van der Waals surface area contributed by atoms with Crippen LogP contribution >= 0.6 is 11.8 Å². The number of nitrogens with one attached hydrogen (secondary N) is 1. The Hall–Kier alpha value is -3.53. The van der Waals surface area contributed by atoms with Crippen molar-refractivity contribution >= 4 is 34.5 Å². The molecule has 0 atom stereocenters. The van der Waals surface area contributed by atoms with E-state index in [4.69, 9.17) is 14.9 Å². The van der Waals surface area contributed by atoms with Crippen LogP contribution in [0.15, 0.2) is 30.3 Å². The highest BCUT2D eigenvalue weighted by molar-refractivity contribution is 8.13. The van der Waals surface area contributed by atoms with Crippen molar-refractivity contribution in [3.8, 4) is 17.2 Å². The summed E-state index contributed by atoms with van der Waals surface area (Å²) in [4.78, 5) is 38.1. The normalized spacial score (nSPS) is 12.4. The highest BCUT2D eigenvalue weighted by Gasteiger charge is 2.31. The standard InChI is InChI=1S/C22H22N2O7S/c1-3-30-19(28)11-31-14-7-16(25)20(17(26)8-14)18(27)10-24-9-13-6-12(21(23)32-2)4-5-15(13)22(24)29/h4-8,23,25-26H,3,9-11H2,1-2H3. The van der Waals surface area contributed by atoms with E-state index in [0.717, 1.165) is 12.1 Å². The van der Waals surface area contributed by atoms with Crippen LogP contribution in [0.25, 0.3) is 0 Å². The molecule has 0 unspecified atom stereocenters. The number of hydrogen-bond acceptors (Lipinski definition) is 9. The summed E-state index contributed by atoms with van der Waals surface area (Å²) in [6.45, 7) is 1.24. The number of phenols is 2. The summed E-state index contributed by atoms with van der Waals surface area (Å²) >= 11 is 1.28. The van der Waals surface area contributed by atoms with Crippen molar-refractivity contribution < 1.29 is 34.1 Å². The number of carbonyl (C=O) groups excluding carboxylic acids is 3. The molecule has 0 saturated heterocycles. The van der Waals surface area contributed by atoms with E-state index in [0.29, 0.717) is 21.7 Å². The maximum absolute atomic E-state index is 12.8. The van der Waals surface area contributed by atoms with Crippen molar-refractivity contribution in [2.45, 2.75) is 13.5 Å². The maximum Gasteiger partial charge on any atom is 0.344 e. The SMILES string of the molecule is CCOC(=O)COc1cc(O)c(C(=O)CN2Cc3cc(C(=N)SC)ccc3C2=O)c(O)c1. The van der Waals surface area contributed by atoms with E-state index in [-0.39, 0.29) is 36.9 Å². The van der Waals surface area contributed by atoms with Crippen LogP contribution in [0.4, 0.5) is 0 Å². The average Bonchev–Trinajstić information content (AvgIpc) is 3.06. The second kappa shape index (κ2) is 9.73. The number of thioether (sulfide) groups is 1. The molecule has 0 bridgehead atoms. The van der Waals surface area contributed by atoms with Crippen LogP contribution in [0.1, 0.15) is 38.8 Å². The summed E-state index contributed by atoms with van der Waals surface area (Å²) in [5, 5.41) is 28.8. The molecular formula is C22H22N2O7S. The first-order valence-electron chi connectivity index (χ1n) is 9.67. The molecule has 2 aromatic rings. The number of Topliss-reactive ketones (excluding diaryl/α,β-unsaturated/α-hetero) is 1. The summed E-state index contributed by atoms with van der Waals surface area (Å²) in [6.07, 6.45) is 1.79. The van der Waals surface area contributed by atoms with E-state index >= 15 is 0 Å². The number of ketones is 1. The predicted molar refractivity (Wildman–Crippen MR) is 118 cm³/mol. The van der Waals surface area contributed by atoms with E-state index in [1.165, 1.54) is 16.7 Å². The Kier molecular flexibility index (Phi) is 7.04. The first-order valence-corrected chi connectivity index (χ1v) is 10.9. The monoisotopic (exact) mass is 458 g/mol. The quantitative estimate of drug-likeness (QED) is 0.238. The molecule has 1 aliphatic heterocycles. The van der Waals surface area contributed by atoms with Crippen molar-refractivity contribution in [2.24, 2.45) is 0 Å². The van der Waals surface area contributed by atoms with Gasteiger partial charge in [-0.3, -0.25) is 15.0 Å². The van der Waals surface area contributed by atoms with Gasteiger partial charge in [-0.25, -0.2) is 4.79 Å². The molecule has 3 rings (SSSR count). The molecule has 0 saturated carbocycles. The number of aromatic hydroxyl groups is 2. The molecule has 0 spiro atoms. The van der Waals surface area contributed by atoms with Crippen LogP contribution < -0.4 is 4.74 Å². The zero-order chi connectivity index (χ0) is 23.4. The number of phenolic OH excluding ortho intramolecular Hbond substituents is 2. The van der Waals surface area contributed by atoms with Gasteiger partial charge in [0.25, 0.3) is 5.91 Å². The van der Waals surface area contributed by atoms with Gasteiger partial charge < -0.3 is 24.6 Å². The van der Waals surface area contributed by atoms with Gasteiger partial charge in [0.2, 0.25) is 0 Å². The number of ether oxygens (including phenoxy) is 2. The molecule has 0 aromatic heterocycles. The van der Waals surface area contributed by atoms with E-state index < -0.39 is 29.9 Å². The molecule has 9 nitrogen and oxygen atoms in total. The molecule has 0 aliphatic carbocycles. The fourth-order valence-corrected chi connectivity index (χ4v) is 3.68. The van der Waals surface area contributed by atoms with Crippen LogP contribution in [-0.2, 0) is 16.1 Å². The Morgan fingerprint density at radius 2 is 1.88 bits per heavy atom. The van der Waals surface area contributed by atoms with Crippen molar-refractivity contribution in [3.63, 3.8) is 0 Å². The Bertz CT molecular complexity index is 1080. The van der Waals surface area contributed by atoms with Gasteiger partial charge in [0, 0.05) is 29.8 Å². The van der Waals surface area contributed by atoms with Crippen molar-refractivity contribution in [2.75, 3.05) is 26.0 Å². The van der Waals surface area contributed by atoms with Crippen LogP contribution in [0.5, 0.6) is 17.2 Å². The minimum atomic E-state index is -0.657. The Morgan fingerprint density at radius 1 is 1.19 bits per heavy atom. The fraction of sp³-hybridized carbons (Fsp3) is 0.273. The molecule has 0 radical (unpaired) electrons. The number of fused-ring (bicyclic) bond motifs is 1. The van der Waals surface area contributed by atoms with Gasteiger partial charge in [-0.2, -0.15) is 0 Å². The molecule has 3 N–H and O–H groups in total. The first-order chi connectivity index (χ1) is 15.2. The second-order valence-corrected chi connectivity index (χ2v) is 7.74. The third-order valence-corrected chi connectivity index (χ3v) is 5.44. The van der Waals surface area contributed by atoms with Gasteiger partial charge in [0.05, 0.1) is 18.2 Å². The summed E-state index contributed by atoms with van der Waals surface area (Å²) in [7, 11) is 0. The average molecular weight is 458 g/mol. The Morgan fingerprint density at radius 3 is 2.50 bits per heavy atom. The largest absolute Gasteiger partial charge is 0.507 e. The molecule has 32 heavy (non-hydrogen) atoms. The first kappa shape index (κ1) is 23.1. The zero-order valence-electron chi connectivity index (χ0n) is 17.5. The lowest BCUT2D eigenvalue weighted by Crippen LogP contribution is -2.30. The summed E-state index contributed by atoms with van der Waals surface area (Å²) in [6, 6.07) is 7.28. The lowest BCUT2D eigenvalue weighted by atomic mass is 10.1. The third kappa shape index (κ3) is 4.86. The van der Waals surface area contributed by atoms with Crippen molar-refractivity contribution in [1.29, 1.82) is 5.41 Å². The van der Waals surface area contributed by atoms with Crippen LogP contribution in [0, 0.1) is 5.41 Å². The molecular weight excluding hydrogens is 436 g/mol. The molecule has 0 fully saturated rings. The number of nitrogens with zero attached hydrogens (tertiary/aromatic N) is 1. The summed E-state index contributed by atoms with van der Waals surface area (Å²) in [5.74, 6) is -2.70. The summed E-state index contributed by atoms with van der Waals surface area (Å²) < 4.78 is 9.89. The van der Waals surface area contributed by atoms with Crippen molar-refractivity contribution in [1.82, 2.24) is 4.90 Å².